The first kappa shape index (κ1) is 53.1. The van der Waals surface area contributed by atoms with Gasteiger partial charge in [-0.2, -0.15) is 0 Å². The van der Waals surface area contributed by atoms with Gasteiger partial charge in [-0.3, -0.25) is 0 Å². The Hall–Kier alpha value is -11.6. The number of thiophene rings is 2. The van der Waals surface area contributed by atoms with E-state index in [1.54, 1.807) is 0 Å². The molecule has 0 saturated carbocycles. The van der Waals surface area contributed by atoms with Crippen LogP contribution >= 0.6 is 22.7 Å². The molecule has 94 heavy (non-hydrogen) atoms. The lowest BCUT2D eigenvalue weighted by Crippen LogP contribution is -2.64. The van der Waals surface area contributed by atoms with Crippen LogP contribution < -0.4 is 62.4 Å². The maximum Gasteiger partial charge on any atom is 0.256 e. The molecule has 2 aromatic heterocycles. The minimum absolute atomic E-state index is 0.169. The van der Waals surface area contributed by atoms with E-state index in [1.807, 2.05) is 22.7 Å². The molecule has 6 heterocycles. The number of hydrogen-bond acceptors (Lipinski definition) is 8. The molecule has 1 N–H and O–H groups in total. The molecule has 4 aliphatic rings. The van der Waals surface area contributed by atoms with Gasteiger partial charge in [-0.25, -0.2) is 0 Å². The SMILES string of the molecule is c1ccc(N2c3ccccc3B3c4cc5c(cc4Oc4cc(Nc6ccccc6-c6cccc7c6sc6ccccc67)cc2c43)N(c2ccccc2)c2cc(N(c3ccccc3)c3cccc4c3sc3ccccc34)cc3c2B5c2ccccc2N3c2ccccc2)cc1. The van der Waals surface area contributed by atoms with E-state index in [2.05, 4.69) is 340 Å². The summed E-state index contributed by atoms with van der Waals surface area (Å²) in [6.45, 7) is -0.344. The molecule has 4 aliphatic heterocycles. The lowest BCUT2D eigenvalue weighted by molar-refractivity contribution is 0.488. The molecule has 0 unspecified atom stereocenters. The van der Waals surface area contributed by atoms with E-state index in [1.165, 1.54) is 67.8 Å². The van der Waals surface area contributed by atoms with Gasteiger partial charge in [0, 0.05) is 127 Å². The van der Waals surface area contributed by atoms with Gasteiger partial charge >= 0.3 is 0 Å². The number of fused-ring (bicyclic) bond motifs is 14. The number of hydrogen-bond donors (Lipinski definition) is 1. The lowest BCUT2D eigenvalue weighted by Gasteiger charge is -2.46. The fourth-order valence-corrected chi connectivity index (χ4v) is 18.2. The molecule has 0 fully saturated rings. The topological polar surface area (TPSA) is 34.2 Å². The fraction of sp³-hybridized carbons (Fsp3) is 0. The maximum absolute atomic E-state index is 7.73. The average Bonchev–Trinajstić information content (AvgIpc) is 0.873. The van der Waals surface area contributed by atoms with Crippen molar-refractivity contribution < 1.29 is 4.74 Å². The van der Waals surface area contributed by atoms with Crippen molar-refractivity contribution in [1.29, 1.82) is 0 Å². The molecule has 20 rings (SSSR count). The Kier molecular flexibility index (Phi) is 11.9. The molecule has 0 aliphatic carbocycles. The van der Waals surface area contributed by atoms with Gasteiger partial charge in [0.25, 0.3) is 13.4 Å². The first-order chi connectivity index (χ1) is 46.6. The van der Waals surface area contributed by atoms with E-state index in [9.17, 15) is 0 Å². The van der Waals surface area contributed by atoms with E-state index in [-0.39, 0.29) is 13.4 Å². The van der Waals surface area contributed by atoms with Gasteiger partial charge in [-0.15, -0.1) is 22.7 Å². The predicted molar refractivity (Wildman–Crippen MR) is 402 cm³/mol. The summed E-state index contributed by atoms with van der Waals surface area (Å²) in [7, 11) is 0. The van der Waals surface area contributed by atoms with Gasteiger partial charge in [0.1, 0.15) is 11.5 Å². The van der Waals surface area contributed by atoms with Crippen LogP contribution in [0.1, 0.15) is 0 Å². The van der Waals surface area contributed by atoms with Gasteiger partial charge in [0.15, 0.2) is 0 Å². The molecular formula is C84H53B2N5OS2. The zero-order valence-electron chi connectivity index (χ0n) is 50.7. The van der Waals surface area contributed by atoms with Crippen molar-refractivity contribution in [2.24, 2.45) is 0 Å². The van der Waals surface area contributed by atoms with Gasteiger partial charge in [0.05, 0.1) is 16.1 Å². The van der Waals surface area contributed by atoms with Crippen LogP contribution in [0, 0.1) is 0 Å². The van der Waals surface area contributed by atoms with Crippen molar-refractivity contribution in [3.05, 3.63) is 315 Å². The molecule has 0 bridgehead atoms. The summed E-state index contributed by atoms with van der Waals surface area (Å²) in [6.07, 6.45) is 0. The van der Waals surface area contributed by atoms with Crippen molar-refractivity contribution in [3.8, 4) is 22.6 Å². The Morgan fingerprint density at radius 3 is 1.46 bits per heavy atom. The third-order valence-corrected chi connectivity index (χ3v) is 22.0. The molecule has 438 valence electrons. The van der Waals surface area contributed by atoms with Crippen LogP contribution in [0.3, 0.4) is 0 Å². The minimum Gasteiger partial charge on any atom is -0.458 e. The Morgan fingerprint density at radius 2 is 0.809 bits per heavy atom. The standard InChI is InChI=1S/C84H53B2N5OS2/c1-5-25-54(26-6-1)88(72-44-24-38-64-61-35-15-22-46-80(61)94-84(64)72)58-49-75-81-76(50-58)91(57-31-11-4-12-32-57)73-52-77-68(51-67(73)85(81)65-39-16-19-42-70(65)90(75)56-29-9-3-10-30-56)86-66-40-17-20-43-71(66)89(55-27-7-2-8-28-55)74-47-53(48-78(92-77)82(74)86)87-69-41-18-13-33-59(69)62-36-23-37-63-60-34-14-21-45-79(60)93-83(62)63/h1-52,87H. The Labute approximate surface area is 552 Å². The third-order valence-electron chi connectivity index (χ3n) is 19.6. The summed E-state index contributed by atoms with van der Waals surface area (Å²) >= 11 is 3.72. The highest BCUT2D eigenvalue weighted by atomic mass is 32.1. The Bertz CT molecular complexity index is 5760. The van der Waals surface area contributed by atoms with Gasteiger partial charge in [0.2, 0.25) is 0 Å². The van der Waals surface area contributed by atoms with Crippen LogP contribution in [0.25, 0.3) is 51.5 Å². The van der Waals surface area contributed by atoms with Crippen molar-refractivity contribution in [3.63, 3.8) is 0 Å². The molecule has 0 radical (unpaired) electrons. The third kappa shape index (κ3) is 8.03. The second-order valence-corrected chi connectivity index (χ2v) is 26.8. The number of nitrogens with zero attached hydrogens (tertiary/aromatic N) is 4. The van der Waals surface area contributed by atoms with Crippen LogP contribution in [-0.2, 0) is 0 Å². The molecular weight excluding hydrogens is 1180 g/mol. The number of nitrogens with one attached hydrogen (secondary N) is 1. The van der Waals surface area contributed by atoms with Gasteiger partial charge < -0.3 is 29.7 Å². The number of ether oxygens (including phenoxy) is 1. The van der Waals surface area contributed by atoms with Crippen molar-refractivity contribution in [2.75, 3.05) is 24.9 Å². The number of benzene rings is 14. The summed E-state index contributed by atoms with van der Waals surface area (Å²) in [5.41, 5.74) is 24.7. The molecule has 14 aromatic carbocycles. The van der Waals surface area contributed by atoms with Crippen LogP contribution in [0.4, 0.5) is 79.6 Å². The first-order valence-corrected chi connectivity index (χ1v) is 33.8. The van der Waals surface area contributed by atoms with Crippen LogP contribution in [0.5, 0.6) is 11.5 Å². The van der Waals surface area contributed by atoms with Crippen molar-refractivity contribution in [2.45, 2.75) is 0 Å². The Morgan fingerprint density at radius 1 is 0.319 bits per heavy atom. The summed E-state index contributed by atoms with van der Waals surface area (Å²) in [4.78, 5) is 9.97. The largest absolute Gasteiger partial charge is 0.458 e. The number of anilines is 14. The zero-order valence-corrected chi connectivity index (χ0v) is 52.3. The zero-order chi connectivity index (χ0) is 61.5. The van der Waals surface area contributed by atoms with Crippen molar-refractivity contribution >= 4 is 189 Å². The number of para-hydroxylation sites is 7. The smallest absolute Gasteiger partial charge is 0.256 e. The normalized spacial score (nSPS) is 13.1. The molecule has 0 spiro atoms. The minimum atomic E-state index is -0.175. The van der Waals surface area contributed by atoms with Crippen LogP contribution in [0.15, 0.2) is 315 Å². The maximum atomic E-state index is 7.73. The van der Waals surface area contributed by atoms with E-state index in [4.69, 9.17) is 4.74 Å². The fourth-order valence-electron chi connectivity index (χ4n) is 15.7. The highest BCUT2D eigenvalue weighted by Crippen LogP contribution is 2.52. The molecule has 0 atom stereocenters. The van der Waals surface area contributed by atoms with E-state index in [0.717, 1.165) is 108 Å². The molecule has 16 aromatic rings. The quantitative estimate of drug-likeness (QED) is 0.145. The lowest BCUT2D eigenvalue weighted by atomic mass is 9.30. The van der Waals surface area contributed by atoms with Crippen LogP contribution in [-0.4, -0.2) is 13.4 Å². The predicted octanol–water partition coefficient (Wildman–Crippen LogP) is 19.8. The van der Waals surface area contributed by atoms with Crippen molar-refractivity contribution in [1.82, 2.24) is 0 Å². The molecule has 0 amide bonds. The second kappa shape index (κ2) is 21.0. The second-order valence-electron chi connectivity index (χ2n) is 24.7. The first-order valence-electron chi connectivity index (χ1n) is 32.1. The van der Waals surface area contributed by atoms with Crippen LogP contribution in [0.2, 0.25) is 0 Å². The van der Waals surface area contributed by atoms with E-state index >= 15 is 0 Å². The monoisotopic (exact) mass is 1230 g/mol. The van der Waals surface area contributed by atoms with Gasteiger partial charge in [-0.1, -0.05) is 200 Å². The summed E-state index contributed by atoms with van der Waals surface area (Å²) < 4.78 is 12.8. The number of rotatable bonds is 9. The average molecular weight is 1230 g/mol. The molecule has 10 heteroatoms. The van der Waals surface area contributed by atoms with E-state index in [0.29, 0.717) is 0 Å². The molecule has 6 nitrogen and oxygen atoms in total. The summed E-state index contributed by atoms with van der Waals surface area (Å²) in [6, 6.07) is 116. The summed E-state index contributed by atoms with van der Waals surface area (Å²) in [5, 5.41) is 9.10. The highest BCUT2D eigenvalue weighted by molar-refractivity contribution is 7.26. The highest BCUT2D eigenvalue weighted by Gasteiger charge is 2.48. The van der Waals surface area contributed by atoms with Gasteiger partial charge in [-0.05, 0) is 136 Å². The summed E-state index contributed by atoms with van der Waals surface area (Å²) in [5.74, 6) is 1.65. The molecule has 0 saturated heterocycles. The Balaban J connectivity index is 0.825. The van der Waals surface area contributed by atoms with E-state index < -0.39 is 0 Å².